The lowest BCUT2D eigenvalue weighted by molar-refractivity contribution is 0.669. The van der Waals surface area contributed by atoms with Crippen molar-refractivity contribution in [3.63, 3.8) is 0 Å². The summed E-state index contributed by atoms with van der Waals surface area (Å²) in [6, 6.07) is 57.8. The van der Waals surface area contributed by atoms with Gasteiger partial charge in [-0.2, -0.15) is 0 Å². The summed E-state index contributed by atoms with van der Waals surface area (Å²) < 4.78 is 13.0. The highest BCUT2D eigenvalue weighted by molar-refractivity contribution is 6.20. The third-order valence-corrected chi connectivity index (χ3v) is 9.45. The molecule has 0 atom stereocenters. The van der Waals surface area contributed by atoms with E-state index in [0.29, 0.717) is 0 Å². The van der Waals surface area contributed by atoms with Crippen LogP contribution in [0.25, 0.3) is 76.5 Å². The number of para-hydroxylation sites is 2. The predicted octanol–water partition coefficient (Wildman–Crippen LogP) is 12.9. The highest BCUT2D eigenvalue weighted by Gasteiger charge is 2.22. The van der Waals surface area contributed by atoms with Crippen LogP contribution in [0.2, 0.25) is 0 Å². The molecule has 47 heavy (non-hydrogen) atoms. The van der Waals surface area contributed by atoms with E-state index < -0.39 is 0 Å². The molecule has 0 aliphatic carbocycles. The van der Waals surface area contributed by atoms with E-state index in [-0.39, 0.29) is 0 Å². The standard InChI is InChI=1S/C44H27NO2/c1-3-14-31-28(11-1)13-9-20-38(31)45(30-24-26-35-34-17-6-8-21-40(34)46-42(35)27-30)39-19-7-5-16-33(39)36-18-10-22-41-43(36)37-25-23-29-12-2-4-15-32(29)44(37)47-41/h1-27H. The molecule has 0 amide bonds. The maximum absolute atomic E-state index is 6.61. The summed E-state index contributed by atoms with van der Waals surface area (Å²) in [4.78, 5) is 2.38. The number of furan rings is 2. The zero-order chi connectivity index (χ0) is 30.9. The van der Waals surface area contributed by atoms with Crippen LogP contribution in [0.4, 0.5) is 17.1 Å². The lowest BCUT2D eigenvalue weighted by Gasteiger charge is -2.29. The van der Waals surface area contributed by atoms with Gasteiger partial charge in [-0.15, -0.1) is 0 Å². The topological polar surface area (TPSA) is 29.5 Å². The zero-order valence-electron chi connectivity index (χ0n) is 25.4. The van der Waals surface area contributed by atoms with Gasteiger partial charge in [0, 0.05) is 49.6 Å². The molecule has 0 saturated carbocycles. The summed E-state index contributed by atoms with van der Waals surface area (Å²) in [6.07, 6.45) is 0. The fourth-order valence-corrected chi connectivity index (χ4v) is 7.34. The quantitative estimate of drug-likeness (QED) is 0.201. The van der Waals surface area contributed by atoms with Crippen LogP contribution >= 0.6 is 0 Å². The maximum Gasteiger partial charge on any atom is 0.143 e. The van der Waals surface area contributed by atoms with Crippen molar-refractivity contribution in [1.29, 1.82) is 0 Å². The molecule has 0 N–H and O–H groups in total. The van der Waals surface area contributed by atoms with Gasteiger partial charge in [-0.3, -0.25) is 0 Å². The smallest absolute Gasteiger partial charge is 0.143 e. The lowest BCUT2D eigenvalue weighted by Crippen LogP contribution is -2.11. The minimum atomic E-state index is 0.862. The van der Waals surface area contributed by atoms with E-state index in [4.69, 9.17) is 8.83 Å². The van der Waals surface area contributed by atoms with Gasteiger partial charge in [0.15, 0.2) is 0 Å². The SMILES string of the molecule is c1ccc(N(c2ccc3c(c2)oc2ccccc23)c2cccc3ccccc23)c(-c2cccc3oc4c5ccccc5ccc4c23)c1. The Morgan fingerprint density at radius 2 is 0.979 bits per heavy atom. The average molecular weight is 602 g/mol. The number of nitrogens with zero attached hydrogens (tertiary/aromatic N) is 1. The third kappa shape index (κ3) is 3.93. The van der Waals surface area contributed by atoms with Gasteiger partial charge in [0.2, 0.25) is 0 Å². The fourth-order valence-electron chi connectivity index (χ4n) is 7.34. The molecule has 0 saturated heterocycles. The Bertz CT molecular complexity index is 2820. The molecule has 0 fully saturated rings. The van der Waals surface area contributed by atoms with Gasteiger partial charge in [-0.25, -0.2) is 0 Å². The zero-order valence-corrected chi connectivity index (χ0v) is 25.4. The average Bonchev–Trinajstić information content (AvgIpc) is 3.71. The minimum Gasteiger partial charge on any atom is -0.456 e. The van der Waals surface area contributed by atoms with Gasteiger partial charge in [-0.05, 0) is 58.8 Å². The second kappa shape index (κ2) is 10.1. The van der Waals surface area contributed by atoms with Crippen molar-refractivity contribution in [2.45, 2.75) is 0 Å². The second-order valence-corrected chi connectivity index (χ2v) is 12.1. The van der Waals surface area contributed by atoms with E-state index >= 15 is 0 Å². The normalized spacial score (nSPS) is 11.8. The largest absolute Gasteiger partial charge is 0.456 e. The first-order valence-electron chi connectivity index (χ1n) is 15.9. The summed E-state index contributed by atoms with van der Waals surface area (Å²) in [7, 11) is 0. The van der Waals surface area contributed by atoms with Gasteiger partial charge in [0.25, 0.3) is 0 Å². The van der Waals surface area contributed by atoms with Gasteiger partial charge in [0.05, 0.1) is 11.4 Å². The van der Waals surface area contributed by atoms with E-state index in [1.165, 1.54) is 16.2 Å². The number of fused-ring (bicyclic) bond motifs is 9. The molecule has 0 aliphatic heterocycles. The minimum absolute atomic E-state index is 0.862. The molecule has 220 valence electrons. The van der Waals surface area contributed by atoms with Crippen LogP contribution in [0.15, 0.2) is 173 Å². The molecule has 0 bridgehead atoms. The molecule has 10 rings (SSSR count). The van der Waals surface area contributed by atoms with E-state index in [1.807, 2.05) is 12.1 Å². The Hall–Kier alpha value is -6.32. The Labute approximate surface area is 270 Å². The molecule has 2 aromatic heterocycles. The number of hydrogen-bond acceptors (Lipinski definition) is 3. The number of rotatable bonds is 4. The Kier molecular flexibility index (Phi) is 5.57. The molecule has 0 spiro atoms. The van der Waals surface area contributed by atoms with Crippen LogP contribution in [0.5, 0.6) is 0 Å². The van der Waals surface area contributed by atoms with Gasteiger partial charge >= 0.3 is 0 Å². The molecule has 3 nitrogen and oxygen atoms in total. The molecule has 8 aromatic carbocycles. The summed E-state index contributed by atoms with van der Waals surface area (Å²) in [5.41, 5.74) is 8.99. The monoisotopic (exact) mass is 601 g/mol. The van der Waals surface area contributed by atoms with Crippen LogP contribution in [0.1, 0.15) is 0 Å². The van der Waals surface area contributed by atoms with E-state index in [1.54, 1.807) is 0 Å². The van der Waals surface area contributed by atoms with Crippen molar-refractivity contribution in [1.82, 2.24) is 0 Å². The fraction of sp³-hybridized carbons (Fsp3) is 0. The van der Waals surface area contributed by atoms with Crippen LogP contribution in [0, 0.1) is 0 Å². The summed E-state index contributed by atoms with van der Waals surface area (Å²) in [6.45, 7) is 0. The van der Waals surface area contributed by atoms with Crippen molar-refractivity contribution in [2.75, 3.05) is 4.90 Å². The predicted molar refractivity (Wildman–Crippen MR) is 196 cm³/mol. The number of anilines is 3. The Morgan fingerprint density at radius 1 is 0.362 bits per heavy atom. The molecule has 0 unspecified atom stereocenters. The first kappa shape index (κ1) is 26.0. The van der Waals surface area contributed by atoms with Gasteiger partial charge in [-0.1, -0.05) is 115 Å². The van der Waals surface area contributed by atoms with E-state index in [2.05, 4.69) is 157 Å². The Morgan fingerprint density at radius 3 is 1.89 bits per heavy atom. The van der Waals surface area contributed by atoms with Crippen LogP contribution in [0.3, 0.4) is 0 Å². The van der Waals surface area contributed by atoms with Crippen LogP contribution in [-0.4, -0.2) is 0 Å². The van der Waals surface area contributed by atoms with Crippen LogP contribution in [-0.2, 0) is 0 Å². The molecule has 10 aromatic rings. The highest BCUT2D eigenvalue weighted by Crippen LogP contribution is 2.47. The summed E-state index contributed by atoms with van der Waals surface area (Å²) >= 11 is 0. The van der Waals surface area contributed by atoms with Crippen molar-refractivity contribution < 1.29 is 8.83 Å². The molecule has 3 heteroatoms. The first-order chi connectivity index (χ1) is 23.3. The van der Waals surface area contributed by atoms with Crippen LogP contribution < -0.4 is 4.90 Å². The molecule has 0 aliphatic rings. The van der Waals surface area contributed by atoms with Crippen molar-refractivity contribution >= 4 is 82.5 Å². The maximum atomic E-state index is 6.61. The Balaban J connectivity index is 1.27. The number of hydrogen-bond donors (Lipinski definition) is 0. The molecular weight excluding hydrogens is 574 g/mol. The first-order valence-corrected chi connectivity index (χ1v) is 15.9. The number of benzene rings is 8. The highest BCUT2D eigenvalue weighted by atomic mass is 16.3. The van der Waals surface area contributed by atoms with Gasteiger partial charge in [0.1, 0.15) is 22.3 Å². The van der Waals surface area contributed by atoms with E-state index in [0.717, 1.165) is 77.5 Å². The third-order valence-electron chi connectivity index (χ3n) is 9.45. The summed E-state index contributed by atoms with van der Waals surface area (Å²) in [5.74, 6) is 0. The lowest BCUT2D eigenvalue weighted by atomic mass is 9.95. The summed E-state index contributed by atoms with van der Waals surface area (Å²) in [5, 5.41) is 9.12. The molecule has 2 heterocycles. The molecule has 0 radical (unpaired) electrons. The van der Waals surface area contributed by atoms with E-state index in [9.17, 15) is 0 Å². The van der Waals surface area contributed by atoms with Crippen molar-refractivity contribution in [3.05, 3.63) is 164 Å². The van der Waals surface area contributed by atoms with Crippen molar-refractivity contribution in [2.24, 2.45) is 0 Å². The molecular formula is C44H27NO2. The van der Waals surface area contributed by atoms with Gasteiger partial charge < -0.3 is 13.7 Å². The van der Waals surface area contributed by atoms with Crippen molar-refractivity contribution in [3.8, 4) is 11.1 Å². The second-order valence-electron chi connectivity index (χ2n) is 12.1.